The fourth-order valence-electron chi connectivity index (χ4n) is 4.01. The predicted octanol–water partition coefficient (Wildman–Crippen LogP) is 2.87. The number of carbonyl (C=O) groups excluding carboxylic acids is 1. The first kappa shape index (κ1) is 22.2. The average Bonchev–Trinajstić information content (AvgIpc) is 3.23. The third-order valence-corrected chi connectivity index (χ3v) is 7.75. The van der Waals surface area contributed by atoms with Crippen molar-refractivity contribution in [3.63, 3.8) is 0 Å². The zero-order chi connectivity index (χ0) is 22.7. The summed E-state index contributed by atoms with van der Waals surface area (Å²) in [5.74, 6) is -0.546. The summed E-state index contributed by atoms with van der Waals surface area (Å²) in [6.07, 6.45) is 4.23. The van der Waals surface area contributed by atoms with E-state index in [0.717, 1.165) is 11.6 Å². The fourth-order valence-corrected chi connectivity index (χ4v) is 5.54. The van der Waals surface area contributed by atoms with Crippen LogP contribution < -0.4 is 5.32 Å². The molecule has 0 saturated carbocycles. The summed E-state index contributed by atoms with van der Waals surface area (Å²) in [4.78, 5) is 17.2. The van der Waals surface area contributed by atoms with Crippen molar-refractivity contribution in [1.82, 2.24) is 19.2 Å². The first-order valence-electron chi connectivity index (χ1n) is 10.4. The number of piperidine rings is 1. The number of nitrogens with one attached hydrogen (secondary N) is 1. The van der Waals surface area contributed by atoms with Gasteiger partial charge in [0.05, 0.1) is 0 Å². The van der Waals surface area contributed by atoms with Crippen LogP contribution in [0, 0.1) is 11.7 Å². The van der Waals surface area contributed by atoms with Gasteiger partial charge in [-0.25, -0.2) is 17.8 Å². The molecule has 0 radical (unpaired) electrons. The summed E-state index contributed by atoms with van der Waals surface area (Å²) >= 11 is 0. The van der Waals surface area contributed by atoms with Crippen molar-refractivity contribution in [3.8, 4) is 0 Å². The lowest BCUT2D eigenvalue weighted by atomic mass is 9.96. The van der Waals surface area contributed by atoms with E-state index in [0.29, 0.717) is 18.7 Å². The van der Waals surface area contributed by atoms with Gasteiger partial charge in [0.15, 0.2) is 0 Å². The Hall–Kier alpha value is -3.04. The van der Waals surface area contributed by atoms with Gasteiger partial charge in [-0.3, -0.25) is 4.79 Å². The van der Waals surface area contributed by atoms with Crippen LogP contribution in [0.15, 0.2) is 71.9 Å². The van der Waals surface area contributed by atoms with Gasteiger partial charge in [0.2, 0.25) is 15.9 Å². The highest BCUT2D eigenvalue weighted by atomic mass is 32.2. The second-order valence-electron chi connectivity index (χ2n) is 7.86. The Kier molecular flexibility index (Phi) is 6.38. The highest BCUT2D eigenvalue weighted by molar-refractivity contribution is 7.89. The number of hydrogen-bond donors (Lipinski definition) is 1. The average molecular weight is 457 g/mol. The summed E-state index contributed by atoms with van der Waals surface area (Å²) in [6.45, 7) is 0.320. The van der Waals surface area contributed by atoms with E-state index in [1.807, 2.05) is 48.1 Å². The van der Waals surface area contributed by atoms with E-state index in [1.165, 1.54) is 22.5 Å². The maximum absolute atomic E-state index is 14.0. The van der Waals surface area contributed by atoms with Gasteiger partial charge >= 0.3 is 0 Å². The summed E-state index contributed by atoms with van der Waals surface area (Å²) < 4.78 is 42.8. The number of sulfonamides is 1. The molecule has 2 aromatic carbocycles. The van der Waals surface area contributed by atoms with Crippen molar-refractivity contribution >= 4 is 15.9 Å². The van der Waals surface area contributed by atoms with Crippen molar-refractivity contribution in [2.75, 3.05) is 13.1 Å². The van der Waals surface area contributed by atoms with E-state index in [-0.39, 0.29) is 29.8 Å². The maximum atomic E-state index is 14.0. The highest BCUT2D eigenvalue weighted by Gasteiger charge is 2.34. The lowest BCUT2D eigenvalue weighted by Crippen LogP contribution is -2.44. The monoisotopic (exact) mass is 456 g/mol. The number of halogens is 1. The first-order valence-corrected chi connectivity index (χ1v) is 11.9. The van der Waals surface area contributed by atoms with E-state index in [1.54, 1.807) is 6.20 Å². The van der Waals surface area contributed by atoms with Gasteiger partial charge in [-0.05, 0) is 30.5 Å². The molecule has 0 aliphatic carbocycles. The van der Waals surface area contributed by atoms with E-state index in [2.05, 4.69) is 10.3 Å². The Morgan fingerprint density at radius 2 is 1.75 bits per heavy atom. The minimum Gasteiger partial charge on any atom is -0.342 e. The van der Waals surface area contributed by atoms with Crippen LogP contribution in [0.3, 0.4) is 0 Å². The van der Waals surface area contributed by atoms with Gasteiger partial charge < -0.3 is 9.88 Å². The number of benzene rings is 2. The molecular weight excluding hydrogens is 431 g/mol. The molecule has 1 aromatic heterocycles. The lowest BCUT2D eigenvalue weighted by Gasteiger charge is -2.31. The Morgan fingerprint density at radius 1 is 1.09 bits per heavy atom. The number of carbonyl (C=O) groups is 1. The van der Waals surface area contributed by atoms with Gasteiger partial charge in [-0.1, -0.05) is 42.5 Å². The number of nitrogens with zero attached hydrogens (tertiary/aromatic N) is 3. The van der Waals surface area contributed by atoms with Gasteiger partial charge in [-0.2, -0.15) is 4.31 Å². The molecular formula is C23H25FN4O3S. The van der Waals surface area contributed by atoms with Crippen molar-refractivity contribution in [2.45, 2.75) is 23.8 Å². The third kappa shape index (κ3) is 4.44. The molecule has 4 rings (SSSR count). The van der Waals surface area contributed by atoms with Crippen molar-refractivity contribution in [2.24, 2.45) is 13.0 Å². The lowest BCUT2D eigenvalue weighted by molar-refractivity contribution is -0.126. The molecule has 1 N–H and O–H groups in total. The van der Waals surface area contributed by atoms with Gasteiger partial charge in [0.1, 0.15) is 22.6 Å². The second-order valence-corrected chi connectivity index (χ2v) is 9.76. The van der Waals surface area contributed by atoms with E-state index in [9.17, 15) is 17.6 Å². The van der Waals surface area contributed by atoms with Crippen LogP contribution in [-0.4, -0.2) is 41.3 Å². The highest BCUT2D eigenvalue weighted by Crippen LogP contribution is 2.27. The molecule has 0 spiro atoms. The summed E-state index contributed by atoms with van der Waals surface area (Å²) in [6, 6.07) is 14.5. The topological polar surface area (TPSA) is 84.3 Å². The van der Waals surface area contributed by atoms with Gasteiger partial charge in [0.25, 0.3) is 0 Å². The standard InChI is InChI=1S/C23H25FN4O3S/c1-27-16-13-25-22(27)21(17-7-3-2-4-8-17)26-23(29)18-11-14-28(15-12-18)32(30,31)20-10-6-5-9-19(20)24/h2-10,13,16,18,21H,11-12,14-15H2,1H3,(H,26,29)/t21-/m1/s1. The number of aryl methyl sites for hydroxylation is 1. The van der Waals surface area contributed by atoms with Crippen LogP contribution in [-0.2, 0) is 21.9 Å². The van der Waals surface area contributed by atoms with Crippen molar-refractivity contribution < 1.29 is 17.6 Å². The summed E-state index contributed by atoms with van der Waals surface area (Å²) in [7, 11) is -2.06. The van der Waals surface area contributed by atoms with Crippen molar-refractivity contribution in [1.29, 1.82) is 0 Å². The normalized spacial score (nSPS) is 16.6. The van der Waals surface area contributed by atoms with Crippen LogP contribution in [0.2, 0.25) is 0 Å². The van der Waals surface area contributed by atoms with Gasteiger partial charge in [-0.15, -0.1) is 0 Å². The van der Waals surface area contributed by atoms with Crippen molar-refractivity contribution in [3.05, 3.63) is 84.2 Å². The SMILES string of the molecule is Cn1ccnc1[C@H](NC(=O)C1CCN(S(=O)(=O)c2ccccc2F)CC1)c1ccccc1. The van der Waals surface area contributed by atoms with Crippen LogP contribution in [0.4, 0.5) is 4.39 Å². The molecule has 1 aliphatic heterocycles. The number of hydrogen-bond acceptors (Lipinski definition) is 4. The number of aromatic nitrogens is 2. The molecule has 32 heavy (non-hydrogen) atoms. The largest absolute Gasteiger partial charge is 0.342 e. The third-order valence-electron chi connectivity index (χ3n) is 5.82. The quantitative estimate of drug-likeness (QED) is 0.618. The maximum Gasteiger partial charge on any atom is 0.245 e. The molecule has 168 valence electrons. The molecule has 1 amide bonds. The molecule has 0 bridgehead atoms. The van der Waals surface area contributed by atoms with Gasteiger partial charge in [0, 0.05) is 38.4 Å². The zero-order valence-electron chi connectivity index (χ0n) is 17.7. The molecule has 2 heterocycles. The minimum absolute atomic E-state index is 0.148. The number of rotatable bonds is 6. The van der Waals surface area contributed by atoms with E-state index in [4.69, 9.17) is 0 Å². The summed E-state index contributed by atoms with van der Waals surface area (Å²) in [5, 5.41) is 3.09. The number of amides is 1. The molecule has 0 unspecified atom stereocenters. The molecule has 9 heteroatoms. The Balaban J connectivity index is 1.46. The first-order chi connectivity index (χ1) is 15.4. The smallest absolute Gasteiger partial charge is 0.245 e. The molecule has 1 atom stereocenters. The fraction of sp³-hybridized carbons (Fsp3) is 0.304. The second kappa shape index (κ2) is 9.22. The van der Waals surface area contributed by atoms with Crippen LogP contribution in [0.25, 0.3) is 0 Å². The van der Waals surface area contributed by atoms with Crippen LogP contribution in [0.1, 0.15) is 30.3 Å². The molecule has 1 aliphatic rings. The predicted molar refractivity (Wildman–Crippen MR) is 118 cm³/mol. The van der Waals surface area contributed by atoms with Crippen LogP contribution in [0.5, 0.6) is 0 Å². The molecule has 1 saturated heterocycles. The number of imidazole rings is 1. The van der Waals surface area contributed by atoms with Crippen LogP contribution >= 0.6 is 0 Å². The molecule has 7 nitrogen and oxygen atoms in total. The Morgan fingerprint density at radius 3 is 2.38 bits per heavy atom. The Labute approximate surface area is 186 Å². The van der Waals surface area contributed by atoms with E-state index < -0.39 is 21.9 Å². The Bertz CT molecular complexity index is 1190. The zero-order valence-corrected chi connectivity index (χ0v) is 18.5. The molecule has 3 aromatic rings. The summed E-state index contributed by atoms with van der Waals surface area (Å²) in [5.41, 5.74) is 0.912. The minimum atomic E-state index is -3.94. The van der Waals surface area contributed by atoms with E-state index >= 15 is 0 Å². The molecule has 1 fully saturated rings.